The van der Waals surface area contributed by atoms with Crippen LogP contribution >= 0.6 is 0 Å². The van der Waals surface area contributed by atoms with E-state index in [0.717, 1.165) is 0 Å². The molecular formula is C19H46OSiSn. The van der Waals surface area contributed by atoms with Gasteiger partial charge >= 0.3 is 92.4 Å². The number of hydrogen-bond donors (Lipinski definition) is 0. The molecular weight excluding hydrogens is 391 g/mol. The number of hydrogen-bond acceptors (Lipinski definition) is 1. The van der Waals surface area contributed by atoms with Gasteiger partial charge in [-0.2, -0.15) is 0 Å². The van der Waals surface area contributed by atoms with Gasteiger partial charge in [-0.25, -0.2) is 0 Å². The fourth-order valence-corrected chi connectivity index (χ4v) is 13.7. The molecule has 136 valence electrons. The van der Waals surface area contributed by atoms with Crippen molar-refractivity contribution in [2.24, 2.45) is 0 Å². The molecule has 0 heterocycles. The molecule has 0 aromatic carbocycles. The smallest absolute Gasteiger partial charge is 0.191 e. The normalized spacial score (nSPS) is 12.3. The van der Waals surface area contributed by atoms with E-state index >= 15 is 0 Å². The first kappa shape index (κ1) is 25.2. The molecule has 0 aliphatic rings. The zero-order chi connectivity index (χ0) is 17.6. The van der Waals surface area contributed by atoms with E-state index in [0.29, 0.717) is 5.04 Å². The SMILES string of the molecule is CCC[CH2][SnH]([CH2]CCC)[CH2]CCC.CO[Si](C)(C)C(C)(C)C. The fraction of sp³-hybridized carbons (Fsp3) is 1.00. The summed E-state index contributed by atoms with van der Waals surface area (Å²) >= 11 is -0.967. The van der Waals surface area contributed by atoms with Gasteiger partial charge in [0.15, 0.2) is 8.32 Å². The zero-order valence-electron chi connectivity index (χ0n) is 17.3. The van der Waals surface area contributed by atoms with Crippen LogP contribution in [0.5, 0.6) is 0 Å². The van der Waals surface area contributed by atoms with E-state index in [1.807, 2.05) is 7.11 Å². The van der Waals surface area contributed by atoms with Crippen molar-refractivity contribution in [3.63, 3.8) is 0 Å². The van der Waals surface area contributed by atoms with Crippen LogP contribution < -0.4 is 0 Å². The fourth-order valence-electron chi connectivity index (χ4n) is 2.22. The minimum absolute atomic E-state index is 0.363. The minimum Gasteiger partial charge on any atom is -0.420 e. The van der Waals surface area contributed by atoms with E-state index in [-0.39, 0.29) is 0 Å². The second-order valence-corrected chi connectivity index (χ2v) is 23.1. The summed E-state index contributed by atoms with van der Waals surface area (Å²) in [5.41, 5.74) is 0. The van der Waals surface area contributed by atoms with Crippen molar-refractivity contribution in [1.82, 2.24) is 0 Å². The molecule has 1 nitrogen and oxygen atoms in total. The maximum atomic E-state index is 5.44. The summed E-state index contributed by atoms with van der Waals surface area (Å²) < 4.78 is 10.5. The molecule has 0 aromatic heterocycles. The van der Waals surface area contributed by atoms with Crippen LogP contribution in [0, 0.1) is 0 Å². The van der Waals surface area contributed by atoms with Crippen molar-refractivity contribution in [2.75, 3.05) is 7.11 Å². The molecule has 0 atom stereocenters. The summed E-state index contributed by atoms with van der Waals surface area (Å²) in [5.74, 6) is 0. The Bertz CT molecular complexity index is 217. The maximum Gasteiger partial charge on any atom is 0.191 e. The Morgan fingerprint density at radius 1 is 0.773 bits per heavy atom. The Balaban J connectivity index is 0. The van der Waals surface area contributed by atoms with E-state index in [1.54, 1.807) is 13.3 Å². The van der Waals surface area contributed by atoms with E-state index in [1.165, 1.54) is 38.5 Å². The monoisotopic (exact) mass is 438 g/mol. The molecule has 0 aromatic rings. The first-order valence-electron chi connectivity index (χ1n) is 9.71. The summed E-state index contributed by atoms with van der Waals surface area (Å²) in [6, 6.07) is 0. The number of unbranched alkanes of at least 4 members (excludes halogenated alkanes) is 3. The van der Waals surface area contributed by atoms with Crippen LogP contribution in [0.15, 0.2) is 0 Å². The minimum atomic E-state index is -1.38. The van der Waals surface area contributed by atoms with Gasteiger partial charge in [0.05, 0.1) is 0 Å². The molecule has 0 aliphatic carbocycles. The molecule has 0 bridgehead atoms. The van der Waals surface area contributed by atoms with E-state index < -0.39 is 28.1 Å². The molecule has 0 saturated heterocycles. The van der Waals surface area contributed by atoms with Gasteiger partial charge in [-0.15, -0.1) is 0 Å². The summed E-state index contributed by atoms with van der Waals surface area (Å²) in [5, 5.41) is 0.363. The van der Waals surface area contributed by atoms with Crippen molar-refractivity contribution in [1.29, 1.82) is 0 Å². The molecule has 0 fully saturated rings. The predicted molar refractivity (Wildman–Crippen MR) is 111 cm³/mol. The van der Waals surface area contributed by atoms with Crippen molar-refractivity contribution in [2.45, 2.75) is 112 Å². The van der Waals surface area contributed by atoms with Crippen LogP contribution in [0.3, 0.4) is 0 Å². The van der Waals surface area contributed by atoms with Crippen LogP contribution in [0.2, 0.25) is 31.4 Å². The Kier molecular flexibility index (Phi) is 16.4. The average molecular weight is 437 g/mol. The van der Waals surface area contributed by atoms with Gasteiger partial charge in [-0.05, 0) is 18.1 Å². The van der Waals surface area contributed by atoms with Crippen molar-refractivity contribution in [3.8, 4) is 0 Å². The second-order valence-electron chi connectivity index (χ2n) is 8.26. The Hall–Kier alpha value is 0.976. The molecule has 0 saturated carbocycles. The molecule has 0 amide bonds. The van der Waals surface area contributed by atoms with E-state index in [2.05, 4.69) is 54.6 Å². The molecule has 0 N–H and O–H groups in total. The van der Waals surface area contributed by atoms with Gasteiger partial charge < -0.3 is 4.43 Å². The van der Waals surface area contributed by atoms with Gasteiger partial charge in [0.2, 0.25) is 0 Å². The van der Waals surface area contributed by atoms with Gasteiger partial charge in [0.1, 0.15) is 0 Å². The Labute approximate surface area is 150 Å². The van der Waals surface area contributed by atoms with E-state index in [9.17, 15) is 0 Å². The van der Waals surface area contributed by atoms with Gasteiger partial charge in [-0.1, -0.05) is 20.8 Å². The van der Waals surface area contributed by atoms with Crippen LogP contribution in [-0.2, 0) is 4.43 Å². The van der Waals surface area contributed by atoms with Crippen molar-refractivity contribution >= 4 is 28.1 Å². The summed E-state index contributed by atoms with van der Waals surface area (Å²) in [7, 11) is 0.438. The van der Waals surface area contributed by atoms with Crippen LogP contribution in [0.4, 0.5) is 0 Å². The largest absolute Gasteiger partial charge is 0.420 e. The van der Waals surface area contributed by atoms with Crippen LogP contribution in [-0.4, -0.2) is 35.2 Å². The summed E-state index contributed by atoms with van der Waals surface area (Å²) in [6.45, 7) is 18.2. The third-order valence-corrected chi connectivity index (χ3v) is 20.3. The molecule has 0 unspecified atom stereocenters. The molecule has 0 rings (SSSR count). The molecule has 0 radical (unpaired) electrons. The van der Waals surface area contributed by atoms with Gasteiger partial charge in [-0.3, -0.25) is 0 Å². The van der Waals surface area contributed by atoms with Gasteiger partial charge in [0.25, 0.3) is 0 Å². The molecule has 3 heteroatoms. The first-order chi connectivity index (χ1) is 10.2. The van der Waals surface area contributed by atoms with Crippen molar-refractivity contribution < 1.29 is 4.43 Å². The molecule has 0 spiro atoms. The Morgan fingerprint density at radius 2 is 1.09 bits per heavy atom. The van der Waals surface area contributed by atoms with Gasteiger partial charge in [0, 0.05) is 7.11 Å². The number of rotatable bonds is 10. The summed E-state index contributed by atoms with van der Waals surface area (Å²) in [6.07, 6.45) is 8.87. The third-order valence-electron chi connectivity index (χ3n) is 5.21. The molecule has 0 aliphatic heterocycles. The predicted octanol–water partition coefficient (Wildman–Crippen LogP) is 7.25. The second kappa shape index (κ2) is 14.3. The van der Waals surface area contributed by atoms with Crippen molar-refractivity contribution in [3.05, 3.63) is 0 Å². The topological polar surface area (TPSA) is 9.23 Å². The van der Waals surface area contributed by atoms with Crippen LogP contribution in [0.25, 0.3) is 0 Å². The maximum absolute atomic E-state index is 5.44. The Morgan fingerprint density at radius 3 is 1.23 bits per heavy atom. The third kappa shape index (κ3) is 13.4. The quantitative estimate of drug-likeness (QED) is 0.327. The van der Waals surface area contributed by atoms with Crippen LogP contribution in [0.1, 0.15) is 80.1 Å². The standard InChI is InChI=1S/C7H18OSi.3C4H9.Sn.H/c1-7(2,3)9(5,6)8-4;3*1-3-4-2;;/h1-6H3;3*1,3-4H2,2H3;;. The summed E-state index contributed by atoms with van der Waals surface area (Å²) in [4.78, 5) is 0. The average Bonchev–Trinajstić information content (AvgIpc) is 2.46. The molecule has 22 heavy (non-hydrogen) atoms. The first-order valence-corrected chi connectivity index (χ1v) is 19.6. The van der Waals surface area contributed by atoms with E-state index in [4.69, 9.17) is 4.43 Å². The zero-order valence-corrected chi connectivity index (χ0v) is 21.6.